The van der Waals surface area contributed by atoms with Crippen LogP contribution in [0, 0.1) is 3.57 Å². The number of quaternary nitrogens is 1. The summed E-state index contributed by atoms with van der Waals surface area (Å²) in [7, 11) is 0. The molecule has 96 valence electrons. The van der Waals surface area contributed by atoms with Crippen LogP contribution in [0.2, 0.25) is 0 Å². The molecule has 0 aromatic heterocycles. The van der Waals surface area contributed by atoms with Crippen molar-refractivity contribution in [2.75, 3.05) is 26.3 Å². The first-order valence-electron chi connectivity index (χ1n) is 6.14. The molecule has 0 fully saturated rings. The molecule has 0 spiro atoms. The average Bonchev–Trinajstić information content (AvgIpc) is 2.35. The number of hydrogen-bond donors (Lipinski definition) is 2. The van der Waals surface area contributed by atoms with Crippen LogP contribution in [0.5, 0.6) is 5.75 Å². The van der Waals surface area contributed by atoms with Gasteiger partial charge in [0, 0.05) is 3.57 Å². The number of benzene rings is 1. The second-order valence-electron chi connectivity index (χ2n) is 3.95. The summed E-state index contributed by atoms with van der Waals surface area (Å²) in [6.07, 6.45) is 3.47. The van der Waals surface area contributed by atoms with Crippen LogP contribution in [-0.4, -0.2) is 31.4 Å². The van der Waals surface area contributed by atoms with Gasteiger partial charge in [0.05, 0.1) is 26.3 Å². The molecule has 0 saturated carbocycles. The van der Waals surface area contributed by atoms with Gasteiger partial charge in [0.1, 0.15) is 5.75 Å². The van der Waals surface area contributed by atoms with E-state index in [4.69, 9.17) is 9.84 Å². The molecule has 17 heavy (non-hydrogen) atoms. The summed E-state index contributed by atoms with van der Waals surface area (Å²) >= 11 is 2.29. The molecule has 0 heterocycles. The predicted molar refractivity (Wildman–Crippen MR) is 77.3 cm³/mol. The largest absolute Gasteiger partial charge is 0.494 e. The Morgan fingerprint density at radius 1 is 1.06 bits per heavy atom. The summed E-state index contributed by atoms with van der Waals surface area (Å²) in [4.78, 5) is 0. The summed E-state index contributed by atoms with van der Waals surface area (Å²) in [5.74, 6) is 0.956. The maximum absolute atomic E-state index is 8.60. The summed E-state index contributed by atoms with van der Waals surface area (Å²) in [5, 5.41) is 10.8. The number of nitrogens with two attached hydrogens (primary N) is 1. The van der Waals surface area contributed by atoms with Crippen molar-refractivity contribution in [1.82, 2.24) is 0 Å². The van der Waals surface area contributed by atoms with Gasteiger partial charge in [-0.2, -0.15) is 0 Å². The Bertz CT molecular complexity index is 290. The van der Waals surface area contributed by atoms with Crippen molar-refractivity contribution in [1.29, 1.82) is 0 Å². The Hall–Kier alpha value is -0.330. The molecule has 0 aliphatic heterocycles. The fourth-order valence-electron chi connectivity index (χ4n) is 1.52. The summed E-state index contributed by atoms with van der Waals surface area (Å²) in [6, 6.07) is 8.13. The van der Waals surface area contributed by atoms with Crippen molar-refractivity contribution < 1.29 is 15.2 Å². The molecule has 0 unspecified atom stereocenters. The van der Waals surface area contributed by atoms with Crippen molar-refractivity contribution in [2.45, 2.75) is 19.3 Å². The molecule has 3 nitrogen and oxygen atoms in total. The Kier molecular flexibility index (Phi) is 8.38. The molecule has 1 aromatic rings. The Labute approximate surface area is 117 Å². The van der Waals surface area contributed by atoms with Crippen molar-refractivity contribution >= 4 is 22.6 Å². The predicted octanol–water partition coefficient (Wildman–Crippen LogP) is 1.40. The summed E-state index contributed by atoms with van der Waals surface area (Å²) < 4.78 is 6.87. The minimum atomic E-state index is 0.274. The summed E-state index contributed by atoms with van der Waals surface area (Å²) in [5.41, 5.74) is 0. The quantitative estimate of drug-likeness (QED) is 0.522. The SMILES string of the molecule is OCC[NH2+]CCCCCOc1ccc(I)cc1. The highest BCUT2D eigenvalue weighted by molar-refractivity contribution is 14.1. The van der Waals surface area contributed by atoms with Gasteiger partial charge >= 0.3 is 0 Å². The number of unbranched alkanes of at least 4 members (excludes halogenated alkanes) is 2. The molecular weight excluding hydrogens is 329 g/mol. The zero-order valence-corrected chi connectivity index (χ0v) is 12.2. The lowest BCUT2D eigenvalue weighted by atomic mass is 10.2. The van der Waals surface area contributed by atoms with Crippen LogP contribution in [0.4, 0.5) is 0 Å². The molecule has 0 radical (unpaired) electrons. The van der Waals surface area contributed by atoms with Crippen molar-refractivity contribution in [3.8, 4) is 5.75 Å². The molecule has 0 bridgehead atoms. The molecule has 0 aliphatic rings. The van der Waals surface area contributed by atoms with Gasteiger partial charge < -0.3 is 15.2 Å². The smallest absolute Gasteiger partial charge is 0.119 e. The highest BCUT2D eigenvalue weighted by Crippen LogP contribution is 2.13. The third-order valence-corrected chi connectivity index (χ3v) is 3.19. The fourth-order valence-corrected chi connectivity index (χ4v) is 1.88. The van der Waals surface area contributed by atoms with Gasteiger partial charge in [-0.15, -0.1) is 0 Å². The van der Waals surface area contributed by atoms with Crippen LogP contribution < -0.4 is 10.1 Å². The van der Waals surface area contributed by atoms with E-state index in [-0.39, 0.29) is 6.61 Å². The zero-order valence-electron chi connectivity index (χ0n) is 10.1. The number of aliphatic hydroxyl groups excluding tert-OH is 1. The van der Waals surface area contributed by atoms with Gasteiger partial charge in [-0.25, -0.2) is 0 Å². The van der Waals surface area contributed by atoms with Crippen LogP contribution in [0.1, 0.15) is 19.3 Å². The minimum Gasteiger partial charge on any atom is -0.494 e. The first-order chi connectivity index (χ1) is 8.33. The van der Waals surface area contributed by atoms with E-state index in [1.54, 1.807) is 0 Å². The van der Waals surface area contributed by atoms with Gasteiger partial charge in [-0.3, -0.25) is 0 Å². The number of ether oxygens (including phenoxy) is 1. The summed E-state index contributed by atoms with van der Waals surface area (Å²) in [6.45, 7) is 2.99. The zero-order chi connectivity index (χ0) is 12.3. The molecule has 0 amide bonds. The molecular formula is C13H21INO2+. The van der Waals surface area contributed by atoms with Gasteiger partial charge in [0.2, 0.25) is 0 Å². The van der Waals surface area contributed by atoms with E-state index in [2.05, 4.69) is 40.0 Å². The van der Waals surface area contributed by atoms with E-state index in [0.717, 1.165) is 31.9 Å². The van der Waals surface area contributed by atoms with Gasteiger partial charge in [-0.05, 0) is 66.1 Å². The molecule has 1 rings (SSSR count). The molecule has 3 N–H and O–H groups in total. The number of aliphatic hydroxyl groups is 1. The van der Waals surface area contributed by atoms with E-state index in [9.17, 15) is 0 Å². The normalized spacial score (nSPS) is 10.5. The Morgan fingerprint density at radius 2 is 1.82 bits per heavy atom. The lowest BCUT2D eigenvalue weighted by molar-refractivity contribution is -0.656. The molecule has 0 aliphatic carbocycles. The fraction of sp³-hybridized carbons (Fsp3) is 0.538. The van der Waals surface area contributed by atoms with Crippen LogP contribution in [0.3, 0.4) is 0 Å². The maximum Gasteiger partial charge on any atom is 0.119 e. The Balaban J connectivity index is 1.95. The second-order valence-corrected chi connectivity index (χ2v) is 5.20. The number of hydrogen-bond acceptors (Lipinski definition) is 2. The average molecular weight is 350 g/mol. The van der Waals surface area contributed by atoms with Crippen LogP contribution >= 0.6 is 22.6 Å². The van der Waals surface area contributed by atoms with E-state index < -0.39 is 0 Å². The van der Waals surface area contributed by atoms with Crippen LogP contribution in [0.25, 0.3) is 0 Å². The monoisotopic (exact) mass is 350 g/mol. The van der Waals surface area contributed by atoms with Crippen molar-refractivity contribution in [2.24, 2.45) is 0 Å². The van der Waals surface area contributed by atoms with Gasteiger partial charge in [0.25, 0.3) is 0 Å². The lowest BCUT2D eigenvalue weighted by Gasteiger charge is -2.05. The van der Waals surface area contributed by atoms with Gasteiger partial charge in [0.15, 0.2) is 0 Å². The topological polar surface area (TPSA) is 46.1 Å². The third-order valence-electron chi connectivity index (χ3n) is 2.47. The van der Waals surface area contributed by atoms with E-state index in [0.29, 0.717) is 0 Å². The van der Waals surface area contributed by atoms with Crippen LogP contribution in [0.15, 0.2) is 24.3 Å². The maximum atomic E-state index is 8.60. The standard InChI is InChI=1S/C13H20INO2/c14-12-4-6-13(7-5-12)17-11-3-1-2-8-15-9-10-16/h4-7,15-16H,1-3,8-11H2/p+1. The highest BCUT2D eigenvalue weighted by Gasteiger charge is 1.95. The third kappa shape index (κ3) is 7.57. The van der Waals surface area contributed by atoms with Crippen molar-refractivity contribution in [3.63, 3.8) is 0 Å². The minimum absolute atomic E-state index is 0.274. The number of rotatable bonds is 9. The first kappa shape index (κ1) is 14.7. The Morgan fingerprint density at radius 3 is 2.53 bits per heavy atom. The number of halogens is 1. The van der Waals surface area contributed by atoms with Crippen LogP contribution in [-0.2, 0) is 0 Å². The molecule has 1 aromatic carbocycles. The molecule has 0 atom stereocenters. The van der Waals surface area contributed by atoms with Crippen molar-refractivity contribution in [3.05, 3.63) is 27.8 Å². The first-order valence-corrected chi connectivity index (χ1v) is 7.21. The molecule has 4 heteroatoms. The lowest BCUT2D eigenvalue weighted by Crippen LogP contribution is -2.85. The van der Waals surface area contributed by atoms with E-state index in [1.165, 1.54) is 16.4 Å². The van der Waals surface area contributed by atoms with Gasteiger partial charge in [-0.1, -0.05) is 0 Å². The van der Waals surface area contributed by atoms with E-state index >= 15 is 0 Å². The second kappa shape index (κ2) is 9.67. The highest BCUT2D eigenvalue weighted by atomic mass is 127. The van der Waals surface area contributed by atoms with E-state index in [1.807, 2.05) is 12.1 Å². The molecule has 0 saturated heterocycles.